The van der Waals surface area contributed by atoms with Crippen molar-refractivity contribution in [1.82, 2.24) is 71.8 Å². The molecule has 10 rings (SSSR count). The van der Waals surface area contributed by atoms with Crippen molar-refractivity contribution in [2.75, 3.05) is 18.9 Å². The topological polar surface area (TPSA) is 226 Å². The van der Waals surface area contributed by atoms with E-state index in [1.54, 1.807) is 11.3 Å². The zero-order valence-corrected chi connectivity index (χ0v) is 73.2. The van der Waals surface area contributed by atoms with Crippen LogP contribution in [0.5, 0.6) is 6.01 Å². The molecule has 0 radical (unpaired) electrons. The van der Waals surface area contributed by atoms with Crippen molar-refractivity contribution in [3.8, 4) is 6.01 Å². The quantitative estimate of drug-likeness (QED) is 0.127. The lowest BCUT2D eigenvalue weighted by Gasteiger charge is -2.19. The lowest BCUT2D eigenvalue weighted by molar-refractivity contribution is 0.219. The predicted octanol–water partition coefficient (Wildman–Crippen LogP) is 18.4. The van der Waals surface area contributed by atoms with Gasteiger partial charge in [-0.15, -0.1) is 11.3 Å². The van der Waals surface area contributed by atoms with Crippen LogP contribution in [0, 0.1) is 12.3 Å². The average Bonchev–Trinajstić information content (AvgIpc) is 1.66. The van der Waals surface area contributed by atoms with Crippen LogP contribution in [0.2, 0.25) is 0 Å². The first-order chi connectivity index (χ1) is 47.2. The van der Waals surface area contributed by atoms with Crippen LogP contribution >= 0.6 is 11.3 Å². The molecule has 4 N–H and O–H groups in total. The van der Waals surface area contributed by atoms with Gasteiger partial charge in [0.1, 0.15) is 35.7 Å². The van der Waals surface area contributed by atoms with Crippen molar-refractivity contribution >= 4 is 23.0 Å². The number of aliphatic hydroxyl groups is 2. The molecule has 9 heterocycles. The highest BCUT2D eigenvalue weighted by molar-refractivity contribution is 7.09. The summed E-state index contributed by atoms with van der Waals surface area (Å²) in [5.74, 6) is 7.22. The van der Waals surface area contributed by atoms with E-state index < -0.39 is 0 Å². The number of nitrogen functional groups attached to an aromatic ring is 1. The Kier molecular flexibility index (Phi) is 34.0. The van der Waals surface area contributed by atoms with Gasteiger partial charge < -0.3 is 52.7 Å². The number of hydrogen-bond donors (Lipinski definition) is 3. The van der Waals surface area contributed by atoms with Gasteiger partial charge in [-0.1, -0.05) is 201 Å². The molecule has 0 aromatic carbocycles. The normalized spacial score (nSPS) is 13.4. The fourth-order valence-electron chi connectivity index (χ4n) is 11.3. The second-order valence-corrected chi connectivity index (χ2v) is 38.1. The molecule has 586 valence electrons. The maximum absolute atomic E-state index is 8.91. The molecule has 1 fully saturated rings. The first-order valence-electron chi connectivity index (χ1n) is 37.0. The molecular formula is C83H145N17O3S. The largest absolute Gasteiger partial charge is 0.465 e. The fraction of sp³-hybridized carbons (Fsp3) is 0.675. The number of rotatable bonds is 7. The number of thiazole rings is 1. The lowest BCUT2D eigenvalue weighted by atomic mass is 9.85. The molecule has 2 aliphatic rings. The van der Waals surface area contributed by atoms with Gasteiger partial charge in [0, 0.05) is 219 Å². The van der Waals surface area contributed by atoms with E-state index in [1.807, 2.05) is 116 Å². The number of aliphatic imine (C=N–C) groups is 1. The number of aromatic nitrogens is 15. The van der Waals surface area contributed by atoms with Crippen LogP contribution in [0.3, 0.4) is 0 Å². The maximum atomic E-state index is 8.91. The molecule has 0 atom stereocenters. The van der Waals surface area contributed by atoms with Crippen molar-refractivity contribution in [1.29, 1.82) is 0 Å². The highest BCUT2D eigenvalue weighted by Gasteiger charge is 2.31. The number of aryl methyl sites for hydroxylation is 2. The number of nitrogens with two attached hydrogens (primary N) is 1. The van der Waals surface area contributed by atoms with Crippen LogP contribution in [-0.2, 0) is 99.3 Å². The van der Waals surface area contributed by atoms with Crippen molar-refractivity contribution in [3.63, 3.8) is 0 Å². The van der Waals surface area contributed by atoms with E-state index in [9.17, 15) is 0 Å². The minimum absolute atomic E-state index is 0.00653. The summed E-state index contributed by atoms with van der Waals surface area (Å²) in [6.45, 7) is 68.0. The fourth-order valence-corrected chi connectivity index (χ4v) is 12.0. The summed E-state index contributed by atoms with van der Waals surface area (Å²) in [6, 6.07) is 0.619. The number of aliphatic hydroxyl groups excluding tert-OH is 2. The van der Waals surface area contributed by atoms with Gasteiger partial charge in [0.25, 0.3) is 6.01 Å². The number of anilines is 1. The van der Waals surface area contributed by atoms with Gasteiger partial charge in [0.2, 0.25) is 0 Å². The van der Waals surface area contributed by atoms with Gasteiger partial charge in [-0.2, -0.15) is 0 Å². The van der Waals surface area contributed by atoms with Gasteiger partial charge in [0.05, 0.1) is 24.0 Å². The smallest absolute Gasteiger partial charge is 0.296 e. The van der Waals surface area contributed by atoms with Gasteiger partial charge in [-0.05, 0) is 37.7 Å². The zero-order valence-electron chi connectivity index (χ0n) is 72.4. The zero-order chi connectivity index (χ0) is 80.4. The molecule has 8 aromatic heterocycles. The standard InChI is InChI=1S/C11H20N2O2.C11H18N2.C11H20N2.C9H16N2O.C9H16N2.C9H15N.C8H15N3.C8H14N2.C7H11NS/c1-11(2,3)9-8-12-10(13(9)4)15-7-5-6-14;1-11(2,3)9-7-12-10(13(9)4)8-5-6-8;1-8(2)10-12-7-9(13(10)6)11(3,4)5;1-9(2,3)7-5-10-8(6-12)11(7)4;1-7-10-6-8(11(7)5)9(2,3)4;1-7-5-8(6-10-7)9(2,3)4;1-8(2,3)6-5-10-7(9)11(6)4;1-8(2,3)7-9-5-6-10(7)4;1-7(2,3)6-8-4-5-9-6/h8,14H,5-7H2,1-4H3;7-8H,5-6H2,1-4H3;7-8H,1-6H3;5,12H,6H2,1-4H3;6H,1-5H3;6H,5H2,1-4H3;5H,1-4H3,(H2,9,10);5-6H,1-4H3;4-5H,1-3H3. The lowest BCUT2D eigenvalue weighted by Crippen LogP contribution is -2.17. The van der Waals surface area contributed by atoms with Crippen molar-refractivity contribution < 1.29 is 14.9 Å². The van der Waals surface area contributed by atoms with Gasteiger partial charge in [0.15, 0.2) is 5.95 Å². The number of hydrogen-bond acceptors (Lipinski definition) is 14. The maximum Gasteiger partial charge on any atom is 0.296 e. The van der Waals surface area contributed by atoms with E-state index >= 15 is 0 Å². The summed E-state index contributed by atoms with van der Waals surface area (Å²) in [5.41, 5.74) is 17.3. The number of nitrogens with zero attached hydrogens (tertiary/aromatic N) is 16. The first-order valence-corrected chi connectivity index (χ1v) is 37.9. The molecule has 1 saturated carbocycles. The molecule has 1 aliphatic carbocycles. The highest BCUT2D eigenvalue weighted by Crippen LogP contribution is 2.40. The summed E-state index contributed by atoms with van der Waals surface area (Å²) in [4.78, 5) is 38.2. The third-order valence-electron chi connectivity index (χ3n) is 17.5. The first kappa shape index (κ1) is 93.1. The molecule has 104 heavy (non-hydrogen) atoms. The van der Waals surface area contributed by atoms with Gasteiger partial charge in [-0.25, -0.2) is 39.9 Å². The van der Waals surface area contributed by atoms with Crippen molar-refractivity contribution in [2.45, 2.75) is 302 Å². The van der Waals surface area contributed by atoms with E-state index in [1.165, 1.54) is 57.9 Å². The Morgan fingerprint density at radius 3 is 1.21 bits per heavy atom. The summed E-state index contributed by atoms with van der Waals surface area (Å²) >= 11 is 1.72. The monoisotopic (exact) mass is 1460 g/mol. The summed E-state index contributed by atoms with van der Waals surface area (Å²) in [5, 5.41) is 20.8. The Balaban J connectivity index is 0.000000399. The number of imidazole rings is 7. The molecule has 21 heteroatoms. The second-order valence-electron chi connectivity index (χ2n) is 37.2. The van der Waals surface area contributed by atoms with E-state index in [4.69, 9.17) is 20.7 Å². The van der Waals surface area contributed by atoms with Crippen LogP contribution in [0.4, 0.5) is 5.95 Å². The van der Waals surface area contributed by atoms with Crippen LogP contribution < -0.4 is 10.5 Å². The molecule has 0 amide bonds. The Hall–Kier alpha value is -6.97. The van der Waals surface area contributed by atoms with Crippen LogP contribution in [-0.4, -0.2) is 101 Å². The molecule has 0 spiro atoms. The van der Waals surface area contributed by atoms with Crippen molar-refractivity contribution in [3.05, 3.63) is 141 Å². The molecule has 20 nitrogen and oxygen atoms in total. The summed E-state index contributed by atoms with van der Waals surface area (Å²) in [6.07, 6.45) is 23.5. The van der Waals surface area contributed by atoms with Crippen LogP contribution in [0.15, 0.2) is 77.9 Å². The SMILES string of the molecule is CC(C)(C)c1nccs1.CC(C)c1ncc(C(C)(C)C)n1C.CC1=NC=C(C(C)(C)C)C1.Cc1ncc(C(C)(C)C)n1C.Cn1c(C(C)(C)C)cnc1C1CC1.Cn1c(C(C)(C)C)cnc1CO.Cn1c(C(C)(C)C)cnc1N.Cn1c(C(C)(C)C)cnc1OCCCO.Cn1ccnc1C(C)(C)C. The Morgan fingerprint density at radius 1 is 0.490 bits per heavy atom. The van der Waals surface area contributed by atoms with E-state index in [0.29, 0.717) is 36.3 Å². The van der Waals surface area contributed by atoms with E-state index in [0.717, 1.165) is 46.9 Å². The third kappa shape index (κ3) is 29.4. The van der Waals surface area contributed by atoms with Gasteiger partial charge in [-0.3, -0.25) is 4.99 Å². The molecular weight excluding hydrogens is 1320 g/mol. The molecule has 0 bridgehead atoms. The van der Waals surface area contributed by atoms with E-state index in [2.05, 4.69) is 292 Å². The third-order valence-corrected chi connectivity index (χ3v) is 18.7. The van der Waals surface area contributed by atoms with Crippen molar-refractivity contribution in [2.24, 2.45) is 59.7 Å². The summed E-state index contributed by atoms with van der Waals surface area (Å²) in [7, 11) is 14.1. The van der Waals surface area contributed by atoms with E-state index in [-0.39, 0.29) is 56.5 Å². The molecule has 8 aromatic rings. The number of allylic oxidation sites excluding steroid dienone is 1. The van der Waals surface area contributed by atoms with Crippen LogP contribution in [0.25, 0.3) is 0 Å². The Labute approximate surface area is 634 Å². The minimum Gasteiger partial charge on any atom is -0.465 e. The molecule has 0 unspecified atom stereocenters. The Bertz CT molecular complexity index is 3760. The van der Waals surface area contributed by atoms with Crippen LogP contribution in [0.1, 0.15) is 314 Å². The molecule has 0 saturated heterocycles. The number of ether oxygens (including phenoxy) is 1. The minimum atomic E-state index is 0.00653. The Morgan fingerprint density at radius 2 is 0.942 bits per heavy atom. The average molecular weight is 1460 g/mol. The predicted molar refractivity (Wildman–Crippen MR) is 438 cm³/mol. The highest BCUT2D eigenvalue weighted by atomic mass is 32.1. The molecule has 1 aliphatic heterocycles. The summed E-state index contributed by atoms with van der Waals surface area (Å²) < 4.78 is 19.9. The second kappa shape index (κ2) is 38.0. The van der Waals surface area contributed by atoms with Gasteiger partial charge >= 0.3 is 0 Å².